The van der Waals surface area contributed by atoms with Crippen LogP contribution in [0.15, 0.2) is 29.2 Å². The lowest BCUT2D eigenvalue weighted by Crippen LogP contribution is -2.08. The molecule has 0 heterocycles. The maximum Gasteiger partial charge on any atom is 0.326 e. The fraction of sp³-hybridized carbons (Fsp3) is 0.222. The first-order valence-electron chi connectivity index (χ1n) is 3.67. The average molecular weight is 217 g/mol. The second-order valence-corrected chi connectivity index (χ2v) is 3.43. The molecule has 0 amide bonds. The van der Waals surface area contributed by atoms with Gasteiger partial charge in [0.1, 0.15) is 11.6 Å². The van der Waals surface area contributed by atoms with E-state index in [1.807, 2.05) is 18.4 Å². The molecule has 0 aliphatic rings. The van der Waals surface area contributed by atoms with Gasteiger partial charge in [-0.3, -0.25) is 4.79 Å². The van der Waals surface area contributed by atoms with Crippen LogP contribution in [0.3, 0.4) is 0 Å². The van der Waals surface area contributed by atoms with Crippen molar-refractivity contribution in [3.8, 4) is 5.75 Å². The van der Waals surface area contributed by atoms with Crippen LogP contribution in [-0.4, -0.2) is 18.1 Å². The quantitative estimate of drug-likeness (QED) is 0.336. The van der Waals surface area contributed by atoms with Gasteiger partial charge in [-0.15, -0.1) is 23.4 Å². The van der Waals surface area contributed by atoms with E-state index in [0.717, 1.165) is 4.90 Å². The number of benzene rings is 1. The lowest BCUT2D eigenvalue weighted by molar-refractivity contribution is -0.131. The number of carbonyl (C=O) groups is 1. The summed E-state index contributed by atoms with van der Waals surface area (Å²) in [4.78, 5) is 11.9. The summed E-state index contributed by atoms with van der Waals surface area (Å²) in [6.45, 7) is 0. The largest absolute Gasteiger partial charge is 0.426 e. The molecule has 1 aromatic rings. The lowest BCUT2D eigenvalue weighted by atomic mass is 10.3. The number of ether oxygens (including phenoxy) is 1. The Hall–Kier alpha value is -0.670. The van der Waals surface area contributed by atoms with Gasteiger partial charge in [0.25, 0.3) is 0 Å². The van der Waals surface area contributed by atoms with Crippen molar-refractivity contribution in [3.63, 3.8) is 0 Å². The molecule has 0 fully saturated rings. The van der Waals surface area contributed by atoms with Crippen LogP contribution in [0.4, 0.5) is 0 Å². The van der Waals surface area contributed by atoms with Gasteiger partial charge >= 0.3 is 5.97 Å². The third-order valence-corrected chi connectivity index (χ3v) is 2.36. The smallest absolute Gasteiger partial charge is 0.326 e. The minimum Gasteiger partial charge on any atom is -0.426 e. The van der Waals surface area contributed by atoms with Crippen LogP contribution in [0.2, 0.25) is 0 Å². The molecule has 2 nitrogen and oxygen atoms in total. The summed E-state index contributed by atoms with van der Waals surface area (Å²) in [5.41, 5.74) is 0. The first-order chi connectivity index (χ1) is 6.26. The van der Waals surface area contributed by atoms with Gasteiger partial charge in [-0.05, 0) is 30.5 Å². The van der Waals surface area contributed by atoms with Gasteiger partial charge < -0.3 is 4.74 Å². The normalized spacial score (nSPS) is 9.69. The fourth-order valence-electron chi connectivity index (χ4n) is 0.802. The molecule has 0 atom stereocenters. The molecular weight excluding hydrogens is 208 g/mol. The molecule has 4 heteroatoms. The summed E-state index contributed by atoms with van der Waals surface area (Å²) in [5.74, 6) is -0.0217. The Morgan fingerprint density at radius 3 is 2.54 bits per heavy atom. The molecule has 0 aliphatic heterocycles. The molecule has 70 valence electrons. The topological polar surface area (TPSA) is 26.3 Å². The third-order valence-electron chi connectivity index (χ3n) is 1.40. The number of halogens is 1. The second-order valence-electron chi connectivity index (χ2n) is 2.28. The van der Waals surface area contributed by atoms with Crippen LogP contribution in [0.5, 0.6) is 5.75 Å². The van der Waals surface area contributed by atoms with E-state index in [1.54, 1.807) is 23.9 Å². The molecule has 0 spiro atoms. The number of rotatable bonds is 3. The predicted molar refractivity (Wildman–Crippen MR) is 54.6 cm³/mol. The first kappa shape index (κ1) is 10.4. The highest BCUT2D eigenvalue weighted by Crippen LogP contribution is 2.18. The van der Waals surface area contributed by atoms with E-state index in [0.29, 0.717) is 5.75 Å². The van der Waals surface area contributed by atoms with Crippen molar-refractivity contribution in [2.24, 2.45) is 0 Å². The molecule has 0 saturated carbocycles. The van der Waals surface area contributed by atoms with E-state index in [4.69, 9.17) is 16.3 Å². The van der Waals surface area contributed by atoms with Crippen LogP contribution in [0.25, 0.3) is 0 Å². The van der Waals surface area contributed by atoms with Crippen LogP contribution in [0.1, 0.15) is 0 Å². The number of hydrogen-bond acceptors (Lipinski definition) is 3. The Kier molecular flexibility index (Phi) is 4.12. The number of hydrogen-bond donors (Lipinski definition) is 0. The van der Waals surface area contributed by atoms with Gasteiger partial charge in [0.05, 0.1) is 0 Å². The Labute approximate surface area is 86.2 Å². The van der Waals surface area contributed by atoms with E-state index in [2.05, 4.69) is 0 Å². The Bertz CT molecular complexity index is 284. The van der Waals surface area contributed by atoms with Gasteiger partial charge in [-0.25, -0.2) is 0 Å². The molecule has 0 N–H and O–H groups in total. The monoisotopic (exact) mass is 216 g/mol. The molecular formula is C9H9ClO2S. The van der Waals surface area contributed by atoms with Crippen molar-refractivity contribution in [1.82, 2.24) is 0 Å². The number of alkyl halides is 1. The van der Waals surface area contributed by atoms with Crippen LogP contribution in [0, 0.1) is 0 Å². The zero-order valence-corrected chi connectivity index (χ0v) is 8.69. The molecule has 0 unspecified atom stereocenters. The van der Waals surface area contributed by atoms with E-state index in [-0.39, 0.29) is 5.88 Å². The summed E-state index contributed by atoms with van der Waals surface area (Å²) in [6, 6.07) is 7.27. The van der Waals surface area contributed by atoms with Gasteiger partial charge in [0.15, 0.2) is 0 Å². The van der Waals surface area contributed by atoms with Crippen molar-refractivity contribution in [2.45, 2.75) is 4.90 Å². The van der Waals surface area contributed by atoms with Crippen molar-refractivity contribution in [1.29, 1.82) is 0 Å². The summed E-state index contributed by atoms with van der Waals surface area (Å²) in [5, 5.41) is 0. The molecule has 0 aromatic heterocycles. The predicted octanol–water partition coefficient (Wildman–Crippen LogP) is 2.55. The molecule has 0 saturated heterocycles. The van der Waals surface area contributed by atoms with Crippen LogP contribution >= 0.6 is 23.4 Å². The van der Waals surface area contributed by atoms with Crippen molar-refractivity contribution < 1.29 is 9.53 Å². The van der Waals surface area contributed by atoms with Gasteiger partial charge in [-0.2, -0.15) is 0 Å². The number of carbonyl (C=O) groups excluding carboxylic acids is 1. The van der Waals surface area contributed by atoms with E-state index in [1.165, 1.54) is 0 Å². The molecule has 1 aromatic carbocycles. The molecule has 0 bridgehead atoms. The molecule has 1 rings (SSSR count). The standard InChI is InChI=1S/C9H9ClO2S/c1-13-8-4-2-7(3-5-8)12-9(11)6-10/h2-5H,6H2,1H3. The number of thioether (sulfide) groups is 1. The zero-order chi connectivity index (χ0) is 9.68. The zero-order valence-electron chi connectivity index (χ0n) is 7.12. The summed E-state index contributed by atoms with van der Waals surface area (Å²) < 4.78 is 4.88. The SMILES string of the molecule is CSc1ccc(OC(=O)CCl)cc1. The van der Waals surface area contributed by atoms with Crippen LogP contribution < -0.4 is 4.74 Å². The van der Waals surface area contributed by atoms with E-state index >= 15 is 0 Å². The average Bonchev–Trinajstić information content (AvgIpc) is 2.19. The van der Waals surface area contributed by atoms with E-state index in [9.17, 15) is 4.79 Å². The third kappa shape index (κ3) is 3.28. The van der Waals surface area contributed by atoms with Crippen molar-refractivity contribution in [2.75, 3.05) is 12.1 Å². The van der Waals surface area contributed by atoms with Gasteiger partial charge in [0, 0.05) is 4.90 Å². The Balaban J connectivity index is 2.64. The fourth-order valence-corrected chi connectivity index (χ4v) is 1.27. The van der Waals surface area contributed by atoms with Gasteiger partial charge in [-0.1, -0.05) is 0 Å². The van der Waals surface area contributed by atoms with Gasteiger partial charge in [0.2, 0.25) is 0 Å². The Morgan fingerprint density at radius 2 is 2.08 bits per heavy atom. The summed E-state index contributed by atoms with van der Waals surface area (Å²) >= 11 is 6.92. The molecule has 0 radical (unpaired) electrons. The summed E-state index contributed by atoms with van der Waals surface area (Å²) in [7, 11) is 0. The molecule has 13 heavy (non-hydrogen) atoms. The minimum absolute atomic E-state index is 0.121. The van der Waals surface area contributed by atoms with Crippen LogP contribution in [-0.2, 0) is 4.79 Å². The highest BCUT2D eigenvalue weighted by Gasteiger charge is 2.01. The Morgan fingerprint density at radius 1 is 1.46 bits per heavy atom. The summed E-state index contributed by atoms with van der Waals surface area (Å²) in [6.07, 6.45) is 1.99. The van der Waals surface area contributed by atoms with E-state index < -0.39 is 5.97 Å². The second kappa shape index (κ2) is 5.14. The highest BCUT2D eigenvalue weighted by molar-refractivity contribution is 7.98. The number of esters is 1. The maximum absolute atomic E-state index is 10.8. The highest BCUT2D eigenvalue weighted by atomic mass is 35.5. The lowest BCUT2D eigenvalue weighted by Gasteiger charge is -2.02. The van der Waals surface area contributed by atoms with Crippen molar-refractivity contribution >= 4 is 29.3 Å². The maximum atomic E-state index is 10.8. The minimum atomic E-state index is -0.432. The molecule has 0 aliphatic carbocycles. The first-order valence-corrected chi connectivity index (χ1v) is 5.43. The van der Waals surface area contributed by atoms with Crippen molar-refractivity contribution in [3.05, 3.63) is 24.3 Å².